The molecule has 1 unspecified atom stereocenters. The molecule has 0 spiro atoms. The molecule has 3 aromatic rings. The zero-order valence-corrected chi connectivity index (χ0v) is 17.8. The summed E-state index contributed by atoms with van der Waals surface area (Å²) < 4.78 is 27.3. The fraction of sp³-hybridized carbons (Fsp3) is 0.208. The first-order chi connectivity index (χ1) is 13.9. The Morgan fingerprint density at radius 2 is 1.67 bits per heavy atom. The van der Waals surface area contributed by atoms with Crippen LogP contribution in [0.3, 0.4) is 0 Å². The summed E-state index contributed by atoms with van der Waals surface area (Å²) in [7, 11) is 0. The van der Waals surface area contributed by atoms with Gasteiger partial charge < -0.3 is 10.6 Å². The molecule has 3 nitrogen and oxygen atoms in total. The van der Waals surface area contributed by atoms with E-state index >= 15 is 0 Å². The molecular formula is C24H25ClF2N2O. The van der Waals surface area contributed by atoms with Gasteiger partial charge in [-0.05, 0) is 60.7 Å². The zero-order chi connectivity index (χ0) is 21.0. The van der Waals surface area contributed by atoms with Crippen LogP contribution in [0.5, 0.6) is 0 Å². The van der Waals surface area contributed by atoms with Crippen LogP contribution < -0.4 is 10.6 Å². The first kappa shape index (κ1) is 23.5. The van der Waals surface area contributed by atoms with Crippen molar-refractivity contribution in [2.24, 2.45) is 5.73 Å². The van der Waals surface area contributed by atoms with Crippen molar-refractivity contribution in [1.82, 2.24) is 0 Å². The van der Waals surface area contributed by atoms with Gasteiger partial charge in [-0.1, -0.05) is 42.5 Å². The molecule has 0 saturated heterocycles. The summed E-state index contributed by atoms with van der Waals surface area (Å²) in [5.74, 6) is -1.52. The van der Waals surface area contributed by atoms with Crippen molar-refractivity contribution >= 4 is 24.0 Å². The third kappa shape index (κ3) is 5.43. The lowest BCUT2D eigenvalue weighted by molar-refractivity contribution is -0.120. The molecule has 158 valence electrons. The molecule has 0 saturated carbocycles. The van der Waals surface area contributed by atoms with Crippen molar-refractivity contribution in [3.63, 3.8) is 0 Å². The van der Waals surface area contributed by atoms with E-state index in [1.807, 2.05) is 50.2 Å². The van der Waals surface area contributed by atoms with E-state index in [4.69, 9.17) is 5.73 Å². The molecule has 6 heteroatoms. The maximum absolute atomic E-state index is 14.1. The molecule has 1 atom stereocenters. The summed E-state index contributed by atoms with van der Waals surface area (Å²) >= 11 is 0. The van der Waals surface area contributed by atoms with Crippen LogP contribution in [-0.2, 0) is 11.2 Å². The van der Waals surface area contributed by atoms with Gasteiger partial charge in [0.15, 0.2) is 0 Å². The molecule has 2 N–H and O–H groups in total. The van der Waals surface area contributed by atoms with Crippen molar-refractivity contribution in [2.45, 2.75) is 26.3 Å². The van der Waals surface area contributed by atoms with Gasteiger partial charge in [0.25, 0.3) is 0 Å². The van der Waals surface area contributed by atoms with Crippen LogP contribution in [0.4, 0.5) is 14.5 Å². The number of benzene rings is 3. The summed E-state index contributed by atoms with van der Waals surface area (Å²) in [5.41, 5.74) is 10.2. The minimum atomic E-state index is -0.837. The maximum atomic E-state index is 14.1. The Labute approximate surface area is 181 Å². The van der Waals surface area contributed by atoms with E-state index in [0.717, 1.165) is 17.2 Å². The first-order valence-corrected chi connectivity index (χ1v) is 9.50. The van der Waals surface area contributed by atoms with Gasteiger partial charge in [-0.25, -0.2) is 8.78 Å². The van der Waals surface area contributed by atoms with Crippen LogP contribution in [0.2, 0.25) is 0 Å². The number of anilines is 1. The van der Waals surface area contributed by atoms with Crippen LogP contribution in [0.1, 0.15) is 28.3 Å². The highest BCUT2D eigenvalue weighted by molar-refractivity contribution is 5.97. The molecule has 3 aromatic carbocycles. The quantitative estimate of drug-likeness (QED) is 0.578. The highest BCUT2D eigenvalue weighted by Gasteiger charge is 2.24. The van der Waals surface area contributed by atoms with Crippen LogP contribution in [0.15, 0.2) is 66.7 Å². The zero-order valence-electron chi connectivity index (χ0n) is 16.9. The Hall–Kier alpha value is -2.76. The monoisotopic (exact) mass is 430 g/mol. The van der Waals surface area contributed by atoms with Gasteiger partial charge in [-0.3, -0.25) is 4.79 Å². The molecule has 0 heterocycles. The number of nitrogens with two attached hydrogens (primary N) is 1. The van der Waals surface area contributed by atoms with Crippen molar-refractivity contribution in [2.75, 3.05) is 11.4 Å². The molecule has 1 amide bonds. The first-order valence-electron chi connectivity index (χ1n) is 9.50. The molecule has 0 bridgehead atoms. The SMILES string of the molecule is Cc1ccc(N(CCc2ccc(F)cc2F)C(=O)C(N)c2ccccc2)cc1C.Cl. The highest BCUT2D eigenvalue weighted by Crippen LogP contribution is 2.23. The van der Waals surface area contributed by atoms with E-state index in [-0.39, 0.29) is 31.3 Å². The molecular weight excluding hydrogens is 406 g/mol. The van der Waals surface area contributed by atoms with Crippen molar-refractivity contribution in [3.8, 4) is 0 Å². The van der Waals surface area contributed by atoms with E-state index in [2.05, 4.69) is 0 Å². The van der Waals surface area contributed by atoms with Gasteiger partial charge in [0.2, 0.25) is 5.91 Å². The summed E-state index contributed by atoms with van der Waals surface area (Å²) in [4.78, 5) is 14.8. The average molecular weight is 431 g/mol. The second-order valence-corrected chi connectivity index (χ2v) is 7.13. The van der Waals surface area contributed by atoms with Crippen molar-refractivity contribution in [1.29, 1.82) is 0 Å². The molecule has 0 aliphatic rings. The minimum absolute atomic E-state index is 0. The molecule has 30 heavy (non-hydrogen) atoms. The van der Waals surface area contributed by atoms with Gasteiger partial charge in [0.1, 0.15) is 17.7 Å². The van der Waals surface area contributed by atoms with Gasteiger partial charge in [-0.15, -0.1) is 12.4 Å². The molecule has 0 fully saturated rings. The van der Waals surface area contributed by atoms with Gasteiger partial charge in [0.05, 0.1) is 0 Å². The number of aryl methyl sites for hydroxylation is 2. The predicted octanol–water partition coefficient (Wildman–Crippen LogP) is 5.28. The largest absolute Gasteiger partial charge is 0.316 e. The van der Waals surface area contributed by atoms with Crippen LogP contribution >= 0.6 is 12.4 Å². The summed E-state index contributed by atoms with van der Waals surface area (Å²) in [6.45, 7) is 4.19. The van der Waals surface area contributed by atoms with Gasteiger partial charge in [-0.2, -0.15) is 0 Å². The predicted molar refractivity (Wildman–Crippen MR) is 119 cm³/mol. The Balaban J connectivity index is 0.00000320. The molecule has 0 aliphatic heterocycles. The van der Waals surface area contributed by atoms with Gasteiger partial charge in [0, 0.05) is 18.3 Å². The number of rotatable bonds is 6. The number of halogens is 3. The normalized spacial score (nSPS) is 11.5. The van der Waals surface area contributed by atoms with Crippen LogP contribution in [0, 0.1) is 25.5 Å². The number of carbonyl (C=O) groups is 1. The number of amides is 1. The summed E-state index contributed by atoms with van der Waals surface area (Å²) in [6.07, 6.45) is 0.242. The summed E-state index contributed by atoms with van der Waals surface area (Å²) in [6, 6.07) is 17.5. The van der Waals surface area contributed by atoms with Gasteiger partial charge >= 0.3 is 0 Å². The van der Waals surface area contributed by atoms with E-state index in [9.17, 15) is 13.6 Å². The lowest BCUT2D eigenvalue weighted by Gasteiger charge is -2.27. The Kier molecular flexibility index (Phi) is 8.09. The summed E-state index contributed by atoms with van der Waals surface area (Å²) in [5, 5.41) is 0. The van der Waals surface area contributed by atoms with Crippen molar-refractivity contribution < 1.29 is 13.6 Å². The van der Waals surface area contributed by atoms with Crippen LogP contribution in [-0.4, -0.2) is 12.5 Å². The van der Waals surface area contributed by atoms with E-state index in [0.29, 0.717) is 16.8 Å². The smallest absolute Gasteiger partial charge is 0.248 e. The van der Waals surface area contributed by atoms with E-state index in [1.54, 1.807) is 17.0 Å². The Bertz CT molecular complexity index is 1010. The minimum Gasteiger partial charge on any atom is -0.316 e. The number of nitrogens with zero attached hydrogens (tertiary/aromatic N) is 1. The highest BCUT2D eigenvalue weighted by atomic mass is 35.5. The molecule has 0 radical (unpaired) electrons. The topological polar surface area (TPSA) is 46.3 Å². The van der Waals surface area contributed by atoms with Crippen LogP contribution in [0.25, 0.3) is 0 Å². The average Bonchev–Trinajstić information content (AvgIpc) is 2.72. The Morgan fingerprint density at radius 1 is 0.967 bits per heavy atom. The van der Waals surface area contributed by atoms with Crippen molar-refractivity contribution in [3.05, 3.63) is 101 Å². The molecule has 0 aliphatic carbocycles. The number of carbonyl (C=O) groups excluding carboxylic acids is 1. The number of hydrogen-bond donors (Lipinski definition) is 1. The lowest BCUT2D eigenvalue weighted by Crippen LogP contribution is -2.40. The number of hydrogen-bond acceptors (Lipinski definition) is 2. The van der Waals surface area contributed by atoms with E-state index in [1.165, 1.54) is 12.1 Å². The Morgan fingerprint density at radius 3 is 2.30 bits per heavy atom. The second kappa shape index (κ2) is 10.3. The standard InChI is InChI=1S/C24H24F2N2O.ClH/c1-16-8-11-21(14-17(16)2)28(13-12-18-9-10-20(25)15-22(18)26)24(29)23(27)19-6-4-3-5-7-19;/h3-11,14-15,23H,12-13,27H2,1-2H3;1H. The molecule has 3 rings (SSSR count). The molecule has 0 aromatic heterocycles. The maximum Gasteiger partial charge on any atom is 0.248 e. The fourth-order valence-electron chi connectivity index (χ4n) is 3.19. The lowest BCUT2D eigenvalue weighted by atomic mass is 10.0. The third-order valence-corrected chi connectivity index (χ3v) is 5.11. The second-order valence-electron chi connectivity index (χ2n) is 7.13. The third-order valence-electron chi connectivity index (χ3n) is 5.11. The van der Waals surface area contributed by atoms with E-state index < -0.39 is 17.7 Å². The fourth-order valence-corrected chi connectivity index (χ4v) is 3.19.